The van der Waals surface area contributed by atoms with Crippen LogP contribution in [-0.4, -0.2) is 0 Å². The molecular weight excluding hydrogens is 605 g/mol. The van der Waals surface area contributed by atoms with Crippen molar-refractivity contribution in [3.05, 3.63) is 185 Å². The minimum absolute atomic E-state index is 0.979. The van der Waals surface area contributed by atoms with Crippen molar-refractivity contribution in [1.82, 2.24) is 0 Å². The lowest BCUT2D eigenvalue weighted by molar-refractivity contribution is 0.889. The number of rotatable bonds is 9. The second-order valence-electron chi connectivity index (χ2n) is 13.5. The third kappa shape index (κ3) is 6.18. The molecule has 0 N–H and O–H groups in total. The molecule has 50 heavy (non-hydrogen) atoms. The molecule has 0 bridgehead atoms. The second-order valence-corrected chi connectivity index (χ2v) is 13.5. The molecule has 8 rings (SSSR count). The van der Waals surface area contributed by atoms with Gasteiger partial charge in [0.2, 0.25) is 0 Å². The first-order valence-corrected chi connectivity index (χ1v) is 18.2. The van der Waals surface area contributed by atoms with Gasteiger partial charge in [-0.25, -0.2) is 0 Å². The Hall–Kier alpha value is -5.60. The summed E-state index contributed by atoms with van der Waals surface area (Å²) in [6.45, 7) is 6.22. The Morgan fingerprint density at radius 2 is 1.08 bits per heavy atom. The second kappa shape index (κ2) is 14.1. The first-order valence-electron chi connectivity index (χ1n) is 18.2. The number of hydrogen-bond acceptors (Lipinski definition) is 2. The van der Waals surface area contributed by atoms with Crippen molar-refractivity contribution in [3.63, 3.8) is 0 Å². The molecule has 246 valence electrons. The van der Waals surface area contributed by atoms with Crippen molar-refractivity contribution in [2.24, 2.45) is 0 Å². The maximum atomic E-state index is 4.01. The average molecular weight is 649 g/mol. The first-order chi connectivity index (χ1) is 24.7. The summed E-state index contributed by atoms with van der Waals surface area (Å²) in [6, 6.07) is 40.7. The van der Waals surface area contributed by atoms with Crippen LogP contribution in [-0.2, 0) is 19.3 Å². The van der Waals surface area contributed by atoms with Crippen molar-refractivity contribution >= 4 is 40.6 Å². The Balaban J connectivity index is 1.14. The standard InChI is InChI=1S/C48H44N2/c1-3-35-19-27-41(28-20-35)49(47-17-9-13-39-11-5-7-15-45(39)47)43-31-23-37(24-32-43)38-25-33-44(34-26-38)50(42-29-21-36(4-2)22-30-42)48-18-10-14-40-12-6-8-16-46(40)48/h3,7-10,13-19,21-27,29-34H,1,4-6,11-12,20,28H2,2H3. The monoisotopic (exact) mass is 648 g/mol. The van der Waals surface area contributed by atoms with Gasteiger partial charge in [-0.2, -0.15) is 0 Å². The molecule has 0 atom stereocenters. The summed E-state index contributed by atoms with van der Waals surface area (Å²) < 4.78 is 0. The minimum atomic E-state index is 0.979. The summed E-state index contributed by atoms with van der Waals surface area (Å²) in [5.41, 5.74) is 17.9. The predicted molar refractivity (Wildman–Crippen MR) is 215 cm³/mol. The molecule has 3 aliphatic rings. The molecule has 0 unspecified atom stereocenters. The molecule has 2 heteroatoms. The van der Waals surface area contributed by atoms with Gasteiger partial charge >= 0.3 is 0 Å². The highest BCUT2D eigenvalue weighted by molar-refractivity contribution is 5.85. The van der Waals surface area contributed by atoms with E-state index in [1.165, 1.54) is 73.0 Å². The third-order valence-electron chi connectivity index (χ3n) is 10.5. The van der Waals surface area contributed by atoms with Crippen molar-refractivity contribution in [2.45, 2.75) is 51.9 Å². The van der Waals surface area contributed by atoms with Crippen LogP contribution in [0.1, 0.15) is 60.4 Å². The van der Waals surface area contributed by atoms with E-state index in [9.17, 15) is 0 Å². The molecule has 0 aliphatic heterocycles. The highest BCUT2D eigenvalue weighted by Crippen LogP contribution is 2.42. The number of nitrogens with zero attached hydrogens (tertiary/aromatic N) is 2. The van der Waals surface area contributed by atoms with Crippen molar-refractivity contribution in [2.75, 3.05) is 9.80 Å². The summed E-state index contributed by atoms with van der Waals surface area (Å²) in [5.74, 6) is 0. The van der Waals surface area contributed by atoms with E-state index in [4.69, 9.17) is 0 Å². The zero-order valence-electron chi connectivity index (χ0n) is 29.0. The fourth-order valence-corrected chi connectivity index (χ4v) is 7.66. The van der Waals surface area contributed by atoms with Crippen LogP contribution in [0.5, 0.6) is 0 Å². The number of hydrogen-bond donors (Lipinski definition) is 0. The molecule has 5 aromatic carbocycles. The minimum Gasteiger partial charge on any atom is -0.314 e. The van der Waals surface area contributed by atoms with E-state index in [2.05, 4.69) is 169 Å². The molecule has 0 spiro atoms. The zero-order chi connectivity index (χ0) is 33.9. The molecule has 0 radical (unpaired) electrons. The van der Waals surface area contributed by atoms with Gasteiger partial charge in [-0.3, -0.25) is 0 Å². The van der Waals surface area contributed by atoms with E-state index >= 15 is 0 Å². The Labute approximate surface area is 297 Å². The van der Waals surface area contributed by atoms with E-state index < -0.39 is 0 Å². The number of anilines is 5. The molecule has 0 heterocycles. The van der Waals surface area contributed by atoms with Gasteiger partial charge in [-0.15, -0.1) is 0 Å². The first kappa shape index (κ1) is 31.7. The number of benzene rings is 5. The van der Waals surface area contributed by atoms with Crippen molar-refractivity contribution < 1.29 is 0 Å². The van der Waals surface area contributed by atoms with Crippen LogP contribution in [0.3, 0.4) is 0 Å². The highest BCUT2D eigenvalue weighted by atomic mass is 15.2. The van der Waals surface area contributed by atoms with E-state index in [0.717, 1.165) is 50.6 Å². The fourth-order valence-electron chi connectivity index (χ4n) is 7.66. The molecule has 0 aromatic heterocycles. The predicted octanol–water partition coefficient (Wildman–Crippen LogP) is 13.2. The Bertz CT molecular complexity index is 2140. The van der Waals surface area contributed by atoms with Crippen LogP contribution in [0, 0.1) is 0 Å². The SMILES string of the molecule is C=CC1=CC=C(N(c2ccc(-c3ccc(N(c4ccc(CC)cc4)c4cccc5c4C=CCC5)cc3)cc2)c2cccc3c2C=CCC3)CC1. The lowest BCUT2D eigenvalue weighted by Gasteiger charge is -2.32. The van der Waals surface area contributed by atoms with Crippen molar-refractivity contribution in [1.29, 1.82) is 0 Å². The fraction of sp³-hybridized carbons (Fsp3) is 0.167. The van der Waals surface area contributed by atoms with Crippen LogP contribution in [0.2, 0.25) is 0 Å². The van der Waals surface area contributed by atoms with E-state index in [1.807, 2.05) is 6.08 Å². The van der Waals surface area contributed by atoms with Crippen molar-refractivity contribution in [3.8, 4) is 11.1 Å². The number of aryl methyl sites for hydroxylation is 3. The smallest absolute Gasteiger partial charge is 0.0536 e. The maximum absolute atomic E-state index is 4.01. The molecule has 2 nitrogen and oxygen atoms in total. The molecule has 0 saturated heterocycles. The van der Waals surface area contributed by atoms with Crippen LogP contribution < -0.4 is 9.80 Å². The van der Waals surface area contributed by atoms with E-state index in [0.29, 0.717) is 0 Å². The van der Waals surface area contributed by atoms with Crippen LogP contribution in [0.15, 0.2) is 157 Å². The number of fused-ring (bicyclic) bond motifs is 2. The summed E-state index contributed by atoms with van der Waals surface area (Å²) in [5, 5.41) is 0. The number of allylic oxidation sites excluding steroid dienone is 7. The van der Waals surface area contributed by atoms with Gasteiger partial charge in [-0.05, 0) is 133 Å². The van der Waals surface area contributed by atoms with Crippen LogP contribution in [0.25, 0.3) is 23.3 Å². The topological polar surface area (TPSA) is 6.48 Å². The Morgan fingerprint density at radius 1 is 0.560 bits per heavy atom. The Morgan fingerprint density at radius 3 is 1.58 bits per heavy atom. The molecule has 3 aliphatic carbocycles. The molecule has 0 saturated carbocycles. The quantitative estimate of drug-likeness (QED) is 0.157. The molecular formula is C48H44N2. The van der Waals surface area contributed by atoms with Gasteiger partial charge in [-0.1, -0.05) is 111 Å². The summed E-state index contributed by atoms with van der Waals surface area (Å²) >= 11 is 0. The van der Waals surface area contributed by atoms with Gasteiger partial charge in [0.25, 0.3) is 0 Å². The summed E-state index contributed by atoms with van der Waals surface area (Å²) in [4.78, 5) is 4.88. The highest BCUT2D eigenvalue weighted by Gasteiger charge is 2.22. The average Bonchev–Trinajstić information content (AvgIpc) is 3.19. The lowest BCUT2D eigenvalue weighted by atomic mass is 9.94. The van der Waals surface area contributed by atoms with E-state index in [-0.39, 0.29) is 0 Å². The van der Waals surface area contributed by atoms with Gasteiger partial charge in [0.05, 0.1) is 11.4 Å². The normalized spacial score (nSPS) is 14.7. The molecule has 0 amide bonds. The summed E-state index contributed by atoms with van der Waals surface area (Å²) in [7, 11) is 0. The Kier molecular flexibility index (Phi) is 8.92. The molecule has 0 fully saturated rings. The van der Waals surface area contributed by atoms with Crippen LogP contribution in [0.4, 0.5) is 28.4 Å². The zero-order valence-corrected chi connectivity index (χ0v) is 29.0. The van der Waals surface area contributed by atoms with E-state index in [1.54, 1.807) is 0 Å². The maximum Gasteiger partial charge on any atom is 0.0536 e. The largest absolute Gasteiger partial charge is 0.314 e. The summed E-state index contributed by atoms with van der Waals surface area (Å²) in [6.07, 6.45) is 23.1. The third-order valence-corrected chi connectivity index (χ3v) is 10.5. The van der Waals surface area contributed by atoms with Gasteiger partial charge in [0.1, 0.15) is 0 Å². The molecule has 5 aromatic rings. The van der Waals surface area contributed by atoms with Gasteiger partial charge in [0.15, 0.2) is 0 Å². The van der Waals surface area contributed by atoms with Gasteiger partial charge < -0.3 is 9.80 Å². The lowest BCUT2D eigenvalue weighted by Crippen LogP contribution is -2.19. The van der Waals surface area contributed by atoms with Gasteiger partial charge in [0, 0.05) is 33.9 Å². The van der Waals surface area contributed by atoms with Crippen LogP contribution >= 0.6 is 0 Å².